The van der Waals surface area contributed by atoms with E-state index in [0.717, 1.165) is 27.2 Å². The molecule has 0 spiro atoms. The van der Waals surface area contributed by atoms with E-state index in [1.54, 1.807) is 24.3 Å². The zero-order chi connectivity index (χ0) is 25.0. The van der Waals surface area contributed by atoms with Crippen LogP contribution in [-0.4, -0.2) is 41.2 Å². The molecule has 3 aliphatic carbocycles. The van der Waals surface area contributed by atoms with Gasteiger partial charge >= 0.3 is 5.97 Å². The Labute approximate surface area is 208 Å². The normalized spacial score (nSPS) is 24.0. The van der Waals surface area contributed by atoms with E-state index < -0.39 is 36.4 Å². The fraction of sp³-hybridized carbons (Fsp3) is 0.241. The van der Waals surface area contributed by atoms with Gasteiger partial charge in [0.25, 0.3) is 5.91 Å². The lowest BCUT2D eigenvalue weighted by Gasteiger charge is -2.45. The number of rotatable bonds is 5. The minimum atomic E-state index is -1.13. The first-order valence-corrected chi connectivity index (χ1v) is 12.0. The van der Waals surface area contributed by atoms with Gasteiger partial charge in [-0.05, 0) is 41.3 Å². The van der Waals surface area contributed by atoms with Gasteiger partial charge in [-0.25, -0.2) is 4.79 Å². The van der Waals surface area contributed by atoms with Crippen molar-refractivity contribution in [3.8, 4) is 0 Å². The predicted molar refractivity (Wildman–Crippen MR) is 131 cm³/mol. The van der Waals surface area contributed by atoms with Gasteiger partial charge in [0.1, 0.15) is 6.04 Å². The van der Waals surface area contributed by atoms with Crippen molar-refractivity contribution in [2.24, 2.45) is 11.8 Å². The third-order valence-corrected chi connectivity index (χ3v) is 7.61. The van der Waals surface area contributed by atoms with Crippen LogP contribution in [0.25, 0.3) is 0 Å². The molecular formula is C29H24N2O5. The SMILES string of the molecule is C[C@@H](C(=O)OCC(=O)Nc1ccccc1)N1C(=O)[C@@H]2C3c4ccccc4C(c4ccccc43)[C@@H]2C1=O. The van der Waals surface area contributed by atoms with Crippen LogP contribution in [0, 0.1) is 11.8 Å². The molecule has 180 valence electrons. The summed E-state index contributed by atoms with van der Waals surface area (Å²) >= 11 is 0. The predicted octanol–water partition coefficient (Wildman–Crippen LogP) is 3.45. The highest BCUT2D eigenvalue weighted by Gasteiger charge is 2.62. The Balaban J connectivity index is 1.24. The molecule has 3 aromatic rings. The highest BCUT2D eigenvalue weighted by Crippen LogP contribution is 2.61. The molecule has 1 fully saturated rings. The number of imide groups is 1. The summed E-state index contributed by atoms with van der Waals surface area (Å²) in [6.45, 7) is 0.968. The number of nitrogens with one attached hydrogen (secondary N) is 1. The van der Waals surface area contributed by atoms with Gasteiger partial charge in [-0.15, -0.1) is 0 Å². The van der Waals surface area contributed by atoms with Crippen molar-refractivity contribution in [3.63, 3.8) is 0 Å². The Kier molecular flexibility index (Phi) is 5.21. The van der Waals surface area contributed by atoms with Crippen LogP contribution in [0.3, 0.4) is 0 Å². The summed E-state index contributed by atoms with van der Waals surface area (Å²) in [6, 6.07) is 23.6. The van der Waals surface area contributed by atoms with Crippen molar-refractivity contribution in [1.29, 1.82) is 0 Å². The van der Waals surface area contributed by atoms with Gasteiger partial charge in [0.15, 0.2) is 6.61 Å². The maximum absolute atomic E-state index is 13.7. The molecule has 3 aromatic carbocycles. The summed E-state index contributed by atoms with van der Waals surface area (Å²) in [4.78, 5) is 53.5. The lowest BCUT2D eigenvalue weighted by Crippen LogP contribution is -2.45. The number of hydrogen-bond donors (Lipinski definition) is 1. The molecule has 0 radical (unpaired) electrons. The average molecular weight is 481 g/mol. The quantitative estimate of drug-likeness (QED) is 0.446. The van der Waals surface area contributed by atoms with E-state index in [4.69, 9.17) is 4.74 Å². The third-order valence-electron chi connectivity index (χ3n) is 7.61. The minimum absolute atomic E-state index is 0.242. The number of carbonyl (C=O) groups is 4. The van der Waals surface area contributed by atoms with Crippen molar-refractivity contribution in [3.05, 3.63) is 101 Å². The molecule has 36 heavy (non-hydrogen) atoms. The summed E-state index contributed by atoms with van der Waals surface area (Å²) in [5.74, 6) is -3.63. The zero-order valence-electron chi connectivity index (χ0n) is 19.6. The van der Waals surface area contributed by atoms with Crippen LogP contribution in [0.15, 0.2) is 78.9 Å². The number of esters is 1. The first-order valence-electron chi connectivity index (χ1n) is 12.0. The summed E-state index contributed by atoms with van der Waals surface area (Å²) in [7, 11) is 0. The van der Waals surface area contributed by atoms with Gasteiger partial charge in [-0.1, -0.05) is 66.7 Å². The maximum atomic E-state index is 13.7. The standard InChI is InChI=1S/C29H24N2O5/c1-16(29(35)36-15-22(32)30-17-9-3-2-4-10-17)31-27(33)25-23-18-11-5-6-12-19(18)24(26(25)28(31)34)21-14-8-7-13-20(21)23/h2-14,16,23-26H,15H2,1H3,(H,30,32)/t16-,23?,24?,25-,26+/m0/s1. The van der Waals surface area contributed by atoms with Crippen LogP contribution >= 0.6 is 0 Å². The first-order chi connectivity index (χ1) is 17.5. The fourth-order valence-electron chi connectivity index (χ4n) is 6.16. The molecule has 0 saturated carbocycles. The average Bonchev–Trinajstić information content (AvgIpc) is 3.17. The molecule has 7 heteroatoms. The van der Waals surface area contributed by atoms with Crippen molar-refractivity contribution in [2.45, 2.75) is 24.8 Å². The van der Waals surface area contributed by atoms with Gasteiger partial charge in [0.2, 0.25) is 11.8 Å². The molecule has 2 bridgehead atoms. The van der Waals surface area contributed by atoms with E-state index in [-0.39, 0.29) is 23.7 Å². The second-order valence-electron chi connectivity index (χ2n) is 9.51. The van der Waals surface area contributed by atoms with Crippen LogP contribution in [0.1, 0.15) is 41.0 Å². The molecule has 1 heterocycles. The molecule has 3 atom stereocenters. The smallest absolute Gasteiger partial charge is 0.329 e. The van der Waals surface area contributed by atoms with E-state index in [1.165, 1.54) is 6.92 Å². The highest BCUT2D eigenvalue weighted by molar-refractivity contribution is 6.10. The van der Waals surface area contributed by atoms with Crippen LogP contribution < -0.4 is 5.32 Å². The Morgan fingerprint density at radius 3 is 1.69 bits per heavy atom. The van der Waals surface area contributed by atoms with Crippen molar-refractivity contribution >= 4 is 29.4 Å². The minimum Gasteiger partial charge on any atom is -0.454 e. The summed E-state index contributed by atoms with van der Waals surface area (Å²) < 4.78 is 5.20. The molecular weight excluding hydrogens is 456 g/mol. The summed E-state index contributed by atoms with van der Waals surface area (Å²) in [6.07, 6.45) is 0. The van der Waals surface area contributed by atoms with E-state index in [0.29, 0.717) is 5.69 Å². The zero-order valence-corrected chi connectivity index (χ0v) is 19.6. The van der Waals surface area contributed by atoms with Crippen LogP contribution in [0.5, 0.6) is 0 Å². The number of amides is 3. The lowest BCUT2D eigenvalue weighted by atomic mass is 9.55. The van der Waals surface area contributed by atoms with E-state index >= 15 is 0 Å². The molecule has 4 aliphatic rings. The number of anilines is 1. The molecule has 0 aromatic heterocycles. The monoisotopic (exact) mass is 480 g/mol. The number of carbonyl (C=O) groups excluding carboxylic acids is 4. The summed E-state index contributed by atoms with van der Waals surface area (Å²) in [5.41, 5.74) is 4.85. The van der Waals surface area contributed by atoms with Crippen molar-refractivity contribution in [1.82, 2.24) is 4.90 Å². The Morgan fingerprint density at radius 1 is 0.778 bits per heavy atom. The number of ether oxygens (including phenoxy) is 1. The van der Waals surface area contributed by atoms with E-state index in [1.807, 2.05) is 54.6 Å². The highest BCUT2D eigenvalue weighted by atomic mass is 16.5. The Hall–Kier alpha value is -4.26. The number of para-hydroxylation sites is 1. The molecule has 7 nitrogen and oxygen atoms in total. The van der Waals surface area contributed by atoms with Gasteiger partial charge < -0.3 is 10.1 Å². The largest absolute Gasteiger partial charge is 0.454 e. The maximum Gasteiger partial charge on any atom is 0.329 e. The fourth-order valence-corrected chi connectivity index (χ4v) is 6.16. The Morgan fingerprint density at radius 2 is 1.22 bits per heavy atom. The second kappa shape index (κ2) is 8.45. The number of nitrogens with zero attached hydrogens (tertiary/aromatic N) is 1. The molecule has 1 saturated heterocycles. The van der Waals surface area contributed by atoms with Crippen LogP contribution in [0.2, 0.25) is 0 Å². The van der Waals surface area contributed by atoms with Gasteiger partial charge in [0.05, 0.1) is 11.8 Å². The number of benzene rings is 3. The van der Waals surface area contributed by atoms with Gasteiger partial charge in [0, 0.05) is 17.5 Å². The molecule has 3 amide bonds. The van der Waals surface area contributed by atoms with Crippen LogP contribution in [0.4, 0.5) is 5.69 Å². The number of likely N-dealkylation sites (tertiary alicyclic amines) is 1. The number of hydrogen-bond acceptors (Lipinski definition) is 5. The molecule has 7 rings (SSSR count). The molecule has 1 aliphatic heterocycles. The van der Waals surface area contributed by atoms with Crippen LogP contribution in [-0.2, 0) is 23.9 Å². The first kappa shape index (κ1) is 22.2. The lowest BCUT2D eigenvalue weighted by molar-refractivity contribution is -0.159. The second-order valence-corrected chi connectivity index (χ2v) is 9.51. The Bertz CT molecular complexity index is 1290. The van der Waals surface area contributed by atoms with E-state index in [2.05, 4.69) is 5.32 Å². The van der Waals surface area contributed by atoms with E-state index in [9.17, 15) is 19.2 Å². The molecule has 1 N–H and O–H groups in total. The van der Waals surface area contributed by atoms with Gasteiger partial charge in [-0.2, -0.15) is 0 Å². The van der Waals surface area contributed by atoms with Crippen molar-refractivity contribution in [2.75, 3.05) is 11.9 Å². The summed E-state index contributed by atoms with van der Waals surface area (Å²) in [5, 5.41) is 2.64. The van der Waals surface area contributed by atoms with Gasteiger partial charge in [-0.3, -0.25) is 19.3 Å². The topological polar surface area (TPSA) is 92.8 Å². The van der Waals surface area contributed by atoms with Crippen molar-refractivity contribution < 1.29 is 23.9 Å². The third kappa shape index (κ3) is 3.26. The molecule has 0 unspecified atom stereocenters.